The van der Waals surface area contributed by atoms with Gasteiger partial charge in [-0.15, -0.1) is 0 Å². The van der Waals surface area contributed by atoms with Crippen LogP contribution in [0.4, 0.5) is 0 Å². The molecule has 0 radical (unpaired) electrons. The summed E-state index contributed by atoms with van der Waals surface area (Å²) in [6.07, 6.45) is 11.5. The molecule has 0 fully saturated rings. The highest BCUT2D eigenvalue weighted by Crippen LogP contribution is 2.22. The SMILES string of the molecule is NCCc1cncc2c1CCCCC2. The van der Waals surface area contributed by atoms with Gasteiger partial charge in [0.25, 0.3) is 0 Å². The Labute approximate surface area is 85.5 Å². The van der Waals surface area contributed by atoms with Crippen molar-refractivity contribution in [3.05, 3.63) is 29.1 Å². The molecule has 76 valence electrons. The molecular formula is C12H18N2. The lowest BCUT2D eigenvalue weighted by Crippen LogP contribution is -2.07. The number of rotatable bonds is 2. The minimum Gasteiger partial charge on any atom is -0.330 e. The second-order valence-corrected chi connectivity index (χ2v) is 4.04. The first-order valence-corrected chi connectivity index (χ1v) is 5.56. The first kappa shape index (κ1) is 9.66. The molecular weight excluding hydrogens is 172 g/mol. The van der Waals surface area contributed by atoms with E-state index < -0.39 is 0 Å². The molecule has 0 spiro atoms. The highest BCUT2D eigenvalue weighted by Gasteiger charge is 2.11. The monoisotopic (exact) mass is 190 g/mol. The van der Waals surface area contributed by atoms with Crippen LogP contribution in [0.25, 0.3) is 0 Å². The van der Waals surface area contributed by atoms with E-state index in [0.717, 1.165) is 13.0 Å². The fourth-order valence-corrected chi connectivity index (χ4v) is 2.28. The van der Waals surface area contributed by atoms with Gasteiger partial charge in [0.05, 0.1) is 0 Å². The second-order valence-electron chi connectivity index (χ2n) is 4.04. The third kappa shape index (κ3) is 1.95. The van der Waals surface area contributed by atoms with Crippen molar-refractivity contribution < 1.29 is 0 Å². The predicted octanol–water partition coefficient (Wildman–Crippen LogP) is 1.85. The van der Waals surface area contributed by atoms with E-state index in [9.17, 15) is 0 Å². The molecule has 2 rings (SSSR count). The molecule has 1 heterocycles. The molecule has 0 amide bonds. The van der Waals surface area contributed by atoms with Crippen LogP contribution in [0.1, 0.15) is 36.0 Å². The van der Waals surface area contributed by atoms with Crippen molar-refractivity contribution >= 4 is 0 Å². The second kappa shape index (κ2) is 4.56. The molecule has 0 saturated heterocycles. The molecule has 1 aliphatic rings. The summed E-state index contributed by atoms with van der Waals surface area (Å²) in [5, 5.41) is 0. The molecule has 0 bridgehead atoms. The molecule has 0 aliphatic heterocycles. The first-order valence-electron chi connectivity index (χ1n) is 5.56. The predicted molar refractivity (Wildman–Crippen MR) is 58.3 cm³/mol. The Kier molecular flexibility index (Phi) is 3.14. The number of nitrogens with two attached hydrogens (primary N) is 1. The van der Waals surface area contributed by atoms with Crippen LogP contribution in [-0.4, -0.2) is 11.5 Å². The molecule has 1 aromatic rings. The summed E-state index contributed by atoms with van der Waals surface area (Å²) in [6.45, 7) is 0.734. The molecule has 2 nitrogen and oxygen atoms in total. The van der Waals surface area contributed by atoms with Gasteiger partial charge in [-0.3, -0.25) is 4.98 Å². The number of aryl methyl sites for hydroxylation is 1. The maximum atomic E-state index is 5.60. The van der Waals surface area contributed by atoms with Gasteiger partial charge in [0.2, 0.25) is 0 Å². The van der Waals surface area contributed by atoms with Crippen LogP contribution in [0.2, 0.25) is 0 Å². The molecule has 14 heavy (non-hydrogen) atoms. The lowest BCUT2D eigenvalue weighted by atomic mass is 9.98. The molecule has 0 aromatic carbocycles. The van der Waals surface area contributed by atoms with Crippen molar-refractivity contribution in [3.8, 4) is 0 Å². The zero-order chi connectivity index (χ0) is 9.80. The van der Waals surface area contributed by atoms with Gasteiger partial charge >= 0.3 is 0 Å². The summed E-state index contributed by atoms with van der Waals surface area (Å²) in [6, 6.07) is 0. The fourth-order valence-electron chi connectivity index (χ4n) is 2.28. The van der Waals surface area contributed by atoms with E-state index in [1.165, 1.54) is 43.2 Å². The third-order valence-electron chi connectivity index (χ3n) is 3.02. The van der Waals surface area contributed by atoms with Gasteiger partial charge in [0.1, 0.15) is 0 Å². The minimum absolute atomic E-state index is 0.734. The Balaban J connectivity index is 2.32. The van der Waals surface area contributed by atoms with Gasteiger partial charge in [-0.2, -0.15) is 0 Å². The summed E-state index contributed by atoms with van der Waals surface area (Å²) in [7, 11) is 0. The lowest BCUT2D eigenvalue weighted by molar-refractivity contribution is 0.710. The van der Waals surface area contributed by atoms with Crippen LogP contribution < -0.4 is 5.73 Å². The minimum atomic E-state index is 0.734. The normalized spacial score (nSPS) is 16.1. The number of fused-ring (bicyclic) bond motifs is 1. The Bertz CT molecular complexity index is 307. The smallest absolute Gasteiger partial charge is 0.0303 e. The fraction of sp³-hybridized carbons (Fsp3) is 0.583. The molecule has 1 aliphatic carbocycles. The Morgan fingerprint density at radius 2 is 2.00 bits per heavy atom. The number of hydrogen-bond donors (Lipinski definition) is 1. The van der Waals surface area contributed by atoms with Gasteiger partial charge in [0.15, 0.2) is 0 Å². The zero-order valence-corrected chi connectivity index (χ0v) is 8.63. The average Bonchev–Trinajstić information content (AvgIpc) is 2.44. The molecule has 0 unspecified atom stereocenters. The highest BCUT2D eigenvalue weighted by molar-refractivity contribution is 5.33. The summed E-state index contributed by atoms with van der Waals surface area (Å²) in [5.41, 5.74) is 10.00. The van der Waals surface area contributed by atoms with Crippen molar-refractivity contribution in [2.75, 3.05) is 6.54 Å². The van der Waals surface area contributed by atoms with Crippen LogP contribution in [-0.2, 0) is 19.3 Å². The van der Waals surface area contributed by atoms with Gasteiger partial charge in [-0.1, -0.05) is 6.42 Å². The first-order chi connectivity index (χ1) is 6.92. The van der Waals surface area contributed by atoms with Crippen molar-refractivity contribution in [3.63, 3.8) is 0 Å². The maximum absolute atomic E-state index is 5.60. The largest absolute Gasteiger partial charge is 0.330 e. The summed E-state index contributed by atoms with van der Waals surface area (Å²) in [4.78, 5) is 4.30. The van der Waals surface area contributed by atoms with Crippen molar-refractivity contribution in [2.24, 2.45) is 5.73 Å². The molecule has 0 atom stereocenters. The number of hydrogen-bond acceptors (Lipinski definition) is 2. The molecule has 0 saturated carbocycles. The zero-order valence-electron chi connectivity index (χ0n) is 8.63. The van der Waals surface area contributed by atoms with Gasteiger partial charge in [-0.25, -0.2) is 0 Å². The standard InChI is InChI=1S/C12H18N2/c13-7-6-11-9-14-8-10-4-2-1-3-5-12(10)11/h8-9H,1-7,13H2. The van der Waals surface area contributed by atoms with Crippen LogP contribution >= 0.6 is 0 Å². The van der Waals surface area contributed by atoms with Crippen LogP contribution in [0, 0.1) is 0 Å². The van der Waals surface area contributed by atoms with Crippen LogP contribution in [0.3, 0.4) is 0 Å². The molecule has 2 N–H and O–H groups in total. The van der Waals surface area contributed by atoms with E-state index in [0.29, 0.717) is 0 Å². The number of nitrogens with zero attached hydrogens (tertiary/aromatic N) is 1. The van der Waals surface area contributed by atoms with E-state index in [4.69, 9.17) is 5.73 Å². The van der Waals surface area contributed by atoms with E-state index >= 15 is 0 Å². The third-order valence-corrected chi connectivity index (χ3v) is 3.02. The van der Waals surface area contributed by atoms with E-state index in [-0.39, 0.29) is 0 Å². The Hall–Kier alpha value is -0.890. The average molecular weight is 190 g/mol. The molecule has 2 heteroatoms. The Morgan fingerprint density at radius 1 is 1.14 bits per heavy atom. The number of pyridine rings is 1. The molecule has 1 aromatic heterocycles. The topological polar surface area (TPSA) is 38.9 Å². The quantitative estimate of drug-likeness (QED) is 0.723. The van der Waals surface area contributed by atoms with Crippen LogP contribution in [0.5, 0.6) is 0 Å². The van der Waals surface area contributed by atoms with Crippen molar-refractivity contribution in [1.82, 2.24) is 4.98 Å². The summed E-state index contributed by atoms with van der Waals surface area (Å²) >= 11 is 0. The highest BCUT2D eigenvalue weighted by atomic mass is 14.6. The summed E-state index contributed by atoms with van der Waals surface area (Å²) < 4.78 is 0. The van der Waals surface area contributed by atoms with E-state index in [2.05, 4.69) is 4.98 Å². The van der Waals surface area contributed by atoms with E-state index in [1.54, 1.807) is 5.56 Å². The maximum Gasteiger partial charge on any atom is 0.0303 e. The number of aromatic nitrogens is 1. The van der Waals surface area contributed by atoms with Gasteiger partial charge in [-0.05, 0) is 55.3 Å². The van der Waals surface area contributed by atoms with Crippen LogP contribution in [0.15, 0.2) is 12.4 Å². The Morgan fingerprint density at radius 3 is 2.86 bits per heavy atom. The lowest BCUT2D eigenvalue weighted by Gasteiger charge is -2.10. The van der Waals surface area contributed by atoms with Crippen molar-refractivity contribution in [2.45, 2.75) is 38.5 Å². The van der Waals surface area contributed by atoms with Crippen molar-refractivity contribution in [1.29, 1.82) is 0 Å². The summed E-state index contributed by atoms with van der Waals surface area (Å²) in [5.74, 6) is 0. The van der Waals surface area contributed by atoms with Gasteiger partial charge < -0.3 is 5.73 Å². The van der Waals surface area contributed by atoms with E-state index in [1.807, 2.05) is 12.4 Å². The van der Waals surface area contributed by atoms with Gasteiger partial charge in [0, 0.05) is 12.4 Å².